The van der Waals surface area contributed by atoms with E-state index in [-0.39, 0.29) is 7.92 Å². The lowest BCUT2D eigenvalue weighted by Gasteiger charge is -2.24. The minimum Gasteiger partial charge on any atom is -0.496 e. The van der Waals surface area contributed by atoms with Gasteiger partial charge in [0.1, 0.15) is 5.75 Å². The number of hydrogen-bond donors (Lipinski definition) is 0. The number of methoxy groups -OCH3 is 1. The Morgan fingerprint density at radius 1 is 0.750 bits per heavy atom. The van der Waals surface area contributed by atoms with E-state index in [1.807, 2.05) is 0 Å². The summed E-state index contributed by atoms with van der Waals surface area (Å²) in [7, 11) is 1.54. The standard InChI is InChI=1S/C25H28NOP/c1-4-17-28(18-5-2)25-23(15-10-16-24(25)27-3)26-21-13-8-6-11-19(21)20-12-7-9-14-22(20)26/h6-16H,4-5,17-18H2,1-3H3. The largest absolute Gasteiger partial charge is 0.496 e. The van der Waals surface area contributed by atoms with Gasteiger partial charge in [0.2, 0.25) is 0 Å². The van der Waals surface area contributed by atoms with E-state index < -0.39 is 0 Å². The average molecular weight is 389 g/mol. The lowest BCUT2D eigenvalue weighted by Crippen LogP contribution is -2.16. The quantitative estimate of drug-likeness (QED) is 0.320. The first kappa shape index (κ1) is 19.0. The summed E-state index contributed by atoms with van der Waals surface area (Å²) in [5.41, 5.74) is 3.81. The number of fused-ring (bicyclic) bond motifs is 3. The Bertz CT molecular complexity index is 1040. The van der Waals surface area contributed by atoms with Crippen LogP contribution in [0, 0.1) is 0 Å². The van der Waals surface area contributed by atoms with E-state index in [0.29, 0.717) is 0 Å². The summed E-state index contributed by atoms with van der Waals surface area (Å²) in [5.74, 6) is 1.03. The van der Waals surface area contributed by atoms with E-state index in [1.54, 1.807) is 7.11 Å². The van der Waals surface area contributed by atoms with Gasteiger partial charge in [0.05, 0.1) is 23.8 Å². The number of benzene rings is 3. The van der Waals surface area contributed by atoms with Gasteiger partial charge in [-0.2, -0.15) is 0 Å². The van der Waals surface area contributed by atoms with Crippen LogP contribution in [0.5, 0.6) is 5.75 Å². The van der Waals surface area contributed by atoms with Crippen molar-refractivity contribution in [3.05, 3.63) is 66.7 Å². The maximum absolute atomic E-state index is 5.88. The molecule has 1 aromatic heterocycles. The molecule has 0 saturated heterocycles. The highest BCUT2D eigenvalue weighted by molar-refractivity contribution is 7.66. The highest BCUT2D eigenvalue weighted by atomic mass is 31.1. The Kier molecular flexibility index (Phi) is 5.69. The first-order valence-corrected chi connectivity index (χ1v) is 11.9. The molecule has 28 heavy (non-hydrogen) atoms. The van der Waals surface area contributed by atoms with Crippen molar-refractivity contribution < 1.29 is 4.74 Å². The van der Waals surface area contributed by atoms with Crippen molar-refractivity contribution >= 4 is 35.0 Å². The van der Waals surface area contributed by atoms with E-state index in [9.17, 15) is 0 Å². The third-order valence-corrected chi connectivity index (χ3v) is 8.38. The molecule has 0 spiro atoms. The first-order chi connectivity index (χ1) is 13.8. The molecule has 3 heteroatoms. The van der Waals surface area contributed by atoms with Crippen molar-refractivity contribution in [2.45, 2.75) is 26.7 Å². The SMILES string of the molecule is CCCP(CCC)c1c(OC)cccc1-n1c2ccccc2c2ccccc21. The van der Waals surface area contributed by atoms with E-state index in [1.165, 1.54) is 58.0 Å². The van der Waals surface area contributed by atoms with Crippen LogP contribution in [0.15, 0.2) is 66.7 Å². The van der Waals surface area contributed by atoms with Crippen molar-refractivity contribution in [3.63, 3.8) is 0 Å². The van der Waals surface area contributed by atoms with Crippen LogP contribution in [0.25, 0.3) is 27.5 Å². The van der Waals surface area contributed by atoms with Gasteiger partial charge in [0.15, 0.2) is 0 Å². The molecule has 0 saturated carbocycles. The molecule has 0 amide bonds. The van der Waals surface area contributed by atoms with Crippen LogP contribution >= 0.6 is 7.92 Å². The minimum atomic E-state index is -0.265. The molecule has 144 valence electrons. The molecule has 0 aliphatic heterocycles. The van der Waals surface area contributed by atoms with Crippen LogP contribution < -0.4 is 10.0 Å². The molecule has 3 aromatic carbocycles. The molecule has 0 bridgehead atoms. The van der Waals surface area contributed by atoms with Crippen molar-refractivity contribution in [1.29, 1.82) is 0 Å². The minimum absolute atomic E-state index is 0.265. The van der Waals surface area contributed by atoms with Crippen molar-refractivity contribution in [2.75, 3.05) is 19.4 Å². The van der Waals surface area contributed by atoms with Gasteiger partial charge in [-0.1, -0.05) is 77.1 Å². The Morgan fingerprint density at radius 3 is 1.86 bits per heavy atom. The zero-order valence-electron chi connectivity index (χ0n) is 17.0. The van der Waals surface area contributed by atoms with Gasteiger partial charge >= 0.3 is 0 Å². The molecule has 0 unspecified atom stereocenters. The predicted octanol–water partition coefficient (Wildman–Crippen LogP) is 6.72. The smallest absolute Gasteiger partial charge is 0.128 e. The van der Waals surface area contributed by atoms with Crippen LogP contribution in [0.2, 0.25) is 0 Å². The average Bonchev–Trinajstić information content (AvgIpc) is 3.07. The Labute approximate surface area is 168 Å². The fourth-order valence-electron chi connectivity index (χ4n) is 4.23. The summed E-state index contributed by atoms with van der Waals surface area (Å²) >= 11 is 0. The van der Waals surface area contributed by atoms with Gasteiger partial charge in [-0.3, -0.25) is 0 Å². The molecule has 4 aromatic rings. The van der Waals surface area contributed by atoms with Gasteiger partial charge in [-0.05, 0) is 36.6 Å². The summed E-state index contributed by atoms with van der Waals surface area (Å²) < 4.78 is 8.33. The van der Waals surface area contributed by atoms with E-state index in [2.05, 4.69) is 85.1 Å². The van der Waals surface area contributed by atoms with Crippen LogP contribution in [-0.4, -0.2) is 24.0 Å². The number of aromatic nitrogens is 1. The molecule has 1 heterocycles. The third kappa shape index (κ3) is 3.20. The number of rotatable bonds is 7. The van der Waals surface area contributed by atoms with E-state index in [0.717, 1.165) is 5.75 Å². The number of hydrogen-bond acceptors (Lipinski definition) is 1. The third-order valence-electron chi connectivity index (χ3n) is 5.32. The molecule has 2 nitrogen and oxygen atoms in total. The highest BCUT2D eigenvalue weighted by Crippen LogP contribution is 2.43. The van der Waals surface area contributed by atoms with Gasteiger partial charge in [0, 0.05) is 16.1 Å². The number of para-hydroxylation sites is 2. The summed E-state index contributed by atoms with van der Waals surface area (Å²) in [6.45, 7) is 4.58. The lowest BCUT2D eigenvalue weighted by molar-refractivity contribution is 0.418. The number of ether oxygens (including phenoxy) is 1. The molecule has 0 aliphatic carbocycles. The van der Waals surface area contributed by atoms with Crippen molar-refractivity contribution in [2.24, 2.45) is 0 Å². The molecule has 0 fully saturated rings. The topological polar surface area (TPSA) is 14.2 Å². The summed E-state index contributed by atoms with van der Waals surface area (Å²) in [6, 6.07) is 24.0. The van der Waals surface area contributed by atoms with Gasteiger partial charge in [-0.25, -0.2) is 0 Å². The fourth-order valence-corrected chi connectivity index (χ4v) is 6.96. The first-order valence-electron chi connectivity index (χ1n) is 10.2. The molecule has 0 aliphatic rings. The summed E-state index contributed by atoms with van der Waals surface area (Å²) in [4.78, 5) is 0. The summed E-state index contributed by atoms with van der Waals surface area (Å²) in [5, 5.41) is 4.03. The van der Waals surface area contributed by atoms with Gasteiger partial charge < -0.3 is 9.30 Å². The second-order valence-electron chi connectivity index (χ2n) is 7.18. The Hall–Kier alpha value is -2.31. The molecular weight excluding hydrogens is 361 g/mol. The van der Waals surface area contributed by atoms with Crippen LogP contribution in [0.4, 0.5) is 0 Å². The molecule has 0 radical (unpaired) electrons. The maximum Gasteiger partial charge on any atom is 0.128 e. The van der Waals surface area contributed by atoms with Crippen molar-refractivity contribution in [3.8, 4) is 11.4 Å². The van der Waals surface area contributed by atoms with Crippen LogP contribution in [-0.2, 0) is 0 Å². The molecule has 0 atom stereocenters. The lowest BCUT2D eigenvalue weighted by atomic mass is 10.2. The van der Waals surface area contributed by atoms with Gasteiger partial charge in [-0.15, -0.1) is 0 Å². The van der Waals surface area contributed by atoms with E-state index in [4.69, 9.17) is 4.74 Å². The second-order valence-corrected chi connectivity index (χ2v) is 9.61. The zero-order valence-corrected chi connectivity index (χ0v) is 17.9. The molecule has 0 N–H and O–H groups in total. The normalized spacial score (nSPS) is 11.6. The molecule has 4 rings (SSSR count). The van der Waals surface area contributed by atoms with Crippen LogP contribution in [0.3, 0.4) is 0 Å². The van der Waals surface area contributed by atoms with Crippen molar-refractivity contribution in [1.82, 2.24) is 4.57 Å². The Morgan fingerprint density at radius 2 is 1.32 bits per heavy atom. The fraction of sp³-hybridized carbons (Fsp3) is 0.280. The van der Waals surface area contributed by atoms with Crippen LogP contribution in [0.1, 0.15) is 26.7 Å². The highest BCUT2D eigenvalue weighted by Gasteiger charge is 2.22. The monoisotopic (exact) mass is 389 g/mol. The Balaban J connectivity index is 2.07. The summed E-state index contributed by atoms with van der Waals surface area (Å²) in [6.07, 6.45) is 4.90. The second kappa shape index (κ2) is 8.37. The van der Waals surface area contributed by atoms with Gasteiger partial charge in [0.25, 0.3) is 0 Å². The maximum atomic E-state index is 5.88. The van der Waals surface area contributed by atoms with E-state index >= 15 is 0 Å². The predicted molar refractivity (Wildman–Crippen MR) is 124 cm³/mol. The number of nitrogens with zero attached hydrogens (tertiary/aromatic N) is 1. The molecular formula is C25H28NOP. The zero-order chi connectivity index (χ0) is 19.5.